The maximum Gasteiger partial charge on any atom is 0.256 e. The molecule has 7 heteroatoms. The van der Waals surface area contributed by atoms with E-state index in [2.05, 4.69) is 12.2 Å². The van der Waals surface area contributed by atoms with Crippen LogP contribution >= 0.6 is 0 Å². The summed E-state index contributed by atoms with van der Waals surface area (Å²) in [5, 5.41) is 3.67. The van der Waals surface area contributed by atoms with Gasteiger partial charge >= 0.3 is 0 Å². The van der Waals surface area contributed by atoms with E-state index in [-0.39, 0.29) is 10.8 Å². The van der Waals surface area contributed by atoms with Gasteiger partial charge in [-0.3, -0.25) is 4.79 Å². The fourth-order valence-corrected chi connectivity index (χ4v) is 5.87. The normalized spacial score (nSPS) is 15.2. The molecule has 1 fully saturated rings. The zero-order valence-corrected chi connectivity index (χ0v) is 20.3. The van der Waals surface area contributed by atoms with E-state index >= 15 is 0 Å². The number of rotatable bonds is 5. The van der Waals surface area contributed by atoms with Gasteiger partial charge in [0, 0.05) is 29.7 Å². The molecule has 1 aliphatic heterocycles. The third-order valence-corrected chi connectivity index (χ3v) is 8.44. The van der Waals surface area contributed by atoms with Crippen molar-refractivity contribution < 1.29 is 13.2 Å². The van der Waals surface area contributed by atoms with Crippen molar-refractivity contribution in [2.24, 2.45) is 5.92 Å². The number of benzene rings is 3. The van der Waals surface area contributed by atoms with Gasteiger partial charge in [0.25, 0.3) is 5.91 Å². The molecule has 0 saturated carbocycles. The molecule has 4 aromatic rings. The number of hydrogen-bond donors (Lipinski definition) is 1. The Morgan fingerprint density at radius 1 is 0.914 bits per heavy atom. The van der Waals surface area contributed by atoms with E-state index in [4.69, 9.17) is 4.98 Å². The highest BCUT2D eigenvalue weighted by Gasteiger charge is 2.28. The molecule has 0 bridgehead atoms. The summed E-state index contributed by atoms with van der Waals surface area (Å²) in [6, 6.07) is 25.5. The van der Waals surface area contributed by atoms with Crippen molar-refractivity contribution in [2.75, 3.05) is 18.4 Å². The molecule has 1 saturated heterocycles. The van der Waals surface area contributed by atoms with Crippen LogP contribution in [0.5, 0.6) is 0 Å². The number of piperidine rings is 1. The van der Waals surface area contributed by atoms with E-state index in [0.717, 1.165) is 29.3 Å². The van der Waals surface area contributed by atoms with E-state index in [1.54, 1.807) is 34.6 Å². The molecular formula is C28H27N3O3S. The Morgan fingerprint density at radius 2 is 1.57 bits per heavy atom. The highest BCUT2D eigenvalue weighted by molar-refractivity contribution is 7.89. The number of fused-ring (bicyclic) bond motifs is 1. The molecule has 1 aromatic heterocycles. The van der Waals surface area contributed by atoms with Crippen molar-refractivity contribution in [3.8, 4) is 11.3 Å². The van der Waals surface area contributed by atoms with Gasteiger partial charge in [-0.15, -0.1) is 0 Å². The monoisotopic (exact) mass is 485 g/mol. The van der Waals surface area contributed by atoms with E-state index in [0.29, 0.717) is 36.0 Å². The van der Waals surface area contributed by atoms with Crippen LogP contribution in [0.3, 0.4) is 0 Å². The maximum absolute atomic E-state index is 13.3. The molecule has 5 rings (SSSR count). The number of sulfonamides is 1. The number of amides is 1. The number of nitrogens with zero attached hydrogens (tertiary/aromatic N) is 2. The van der Waals surface area contributed by atoms with Crippen LogP contribution in [-0.2, 0) is 10.0 Å². The van der Waals surface area contributed by atoms with Crippen LogP contribution in [0, 0.1) is 5.92 Å². The number of para-hydroxylation sites is 1. The van der Waals surface area contributed by atoms with E-state index < -0.39 is 10.0 Å². The minimum Gasteiger partial charge on any atom is -0.322 e. The van der Waals surface area contributed by atoms with Crippen molar-refractivity contribution in [1.82, 2.24) is 9.29 Å². The molecule has 0 aliphatic carbocycles. The molecule has 1 aliphatic rings. The molecule has 3 aromatic carbocycles. The number of anilines is 1. The molecule has 178 valence electrons. The van der Waals surface area contributed by atoms with E-state index in [1.165, 1.54) is 0 Å². The Kier molecular flexibility index (Phi) is 6.36. The third kappa shape index (κ3) is 4.83. The molecule has 0 unspecified atom stereocenters. The van der Waals surface area contributed by atoms with Gasteiger partial charge in [-0.05, 0) is 55.2 Å². The summed E-state index contributed by atoms with van der Waals surface area (Å²) in [4.78, 5) is 18.3. The molecule has 0 radical (unpaired) electrons. The van der Waals surface area contributed by atoms with Gasteiger partial charge in [0.1, 0.15) is 0 Å². The van der Waals surface area contributed by atoms with Gasteiger partial charge in [0.15, 0.2) is 0 Å². The topological polar surface area (TPSA) is 79.4 Å². The van der Waals surface area contributed by atoms with Gasteiger partial charge < -0.3 is 5.32 Å². The molecule has 0 atom stereocenters. The standard InChI is InChI=1S/C28H27N3O3S/c1-20-15-17-31(18-16-20)35(33,34)23-13-11-22(12-14-23)29-28(32)25-19-27(21-7-3-2-4-8-21)30-26-10-6-5-9-24(25)26/h2-14,19-20H,15-18H2,1H3,(H,29,32). The van der Waals surface area contributed by atoms with Crippen LogP contribution in [0.15, 0.2) is 89.8 Å². The molecule has 0 spiro atoms. The first kappa shape index (κ1) is 23.2. The van der Waals surface area contributed by atoms with Crippen LogP contribution in [0.4, 0.5) is 5.69 Å². The van der Waals surface area contributed by atoms with Gasteiger partial charge in [-0.1, -0.05) is 55.5 Å². The first-order valence-corrected chi connectivity index (χ1v) is 13.2. The zero-order valence-electron chi connectivity index (χ0n) is 19.5. The predicted octanol–water partition coefficient (Wildman–Crippen LogP) is 5.57. The summed E-state index contributed by atoms with van der Waals surface area (Å²) in [6.07, 6.45) is 1.75. The minimum absolute atomic E-state index is 0.241. The second-order valence-corrected chi connectivity index (χ2v) is 10.9. The molecule has 35 heavy (non-hydrogen) atoms. The lowest BCUT2D eigenvalue weighted by molar-refractivity contribution is 0.102. The highest BCUT2D eigenvalue weighted by Crippen LogP contribution is 2.27. The number of nitrogens with one attached hydrogen (secondary N) is 1. The summed E-state index contributed by atoms with van der Waals surface area (Å²) < 4.78 is 27.5. The number of hydrogen-bond acceptors (Lipinski definition) is 4. The van der Waals surface area contributed by atoms with Gasteiger partial charge in [-0.25, -0.2) is 13.4 Å². The maximum atomic E-state index is 13.3. The average Bonchev–Trinajstić information content (AvgIpc) is 2.89. The highest BCUT2D eigenvalue weighted by atomic mass is 32.2. The van der Waals surface area contributed by atoms with Crippen molar-refractivity contribution in [2.45, 2.75) is 24.7 Å². The average molecular weight is 486 g/mol. The summed E-state index contributed by atoms with van der Waals surface area (Å²) in [6.45, 7) is 3.23. The molecule has 1 N–H and O–H groups in total. The van der Waals surface area contributed by atoms with Crippen LogP contribution < -0.4 is 5.32 Å². The fraction of sp³-hybridized carbons (Fsp3) is 0.214. The second kappa shape index (κ2) is 9.60. The Bertz CT molecular complexity index is 1460. The van der Waals surface area contributed by atoms with Crippen LogP contribution in [0.25, 0.3) is 22.2 Å². The van der Waals surface area contributed by atoms with E-state index in [1.807, 2.05) is 54.6 Å². The molecule has 6 nitrogen and oxygen atoms in total. The largest absolute Gasteiger partial charge is 0.322 e. The Hall–Kier alpha value is -3.55. The van der Waals surface area contributed by atoms with E-state index in [9.17, 15) is 13.2 Å². The lowest BCUT2D eigenvalue weighted by Gasteiger charge is -2.29. The Labute approximate surface area is 205 Å². The zero-order chi connectivity index (χ0) is 24.4. The van der Waals surface area contributed by atoms with Gasteiger partial charge in [0.05, 0.1) is 21.7 Å². The summed E-state index contributed by atoms with van der Waals surface area (Å²) in [7, 11) is -3.54. The van der Waals surface area contributed by atoms with Crippen molar-refractivity contribution in [3.63, 3.8) is 0 Å². The molecule has 1 amide bonds. The quantitative estimate of drug-likeness (QED) is 0.401. The first-order chi connectivity index (χ1) is 16.9. The Balaban J connectivity index is 1.41. The van der Waals surface area contributed by atoms with Crippen molar-refractivity contribution in [3.05, 3.63) is 90.5 Å². The Morgan fingerprint density at radius 3 is 2.29 bits per heavy atom. The van der Waals surface area contributed by atoms with Crippen LogP contribution in [0.2, 0.25) is 0 Å². The van der Waals surface area contributed by atoms with Gasteiger partial charge in [-0.2, -0.15) is 4.31 Å². The molecular weight excluding hydrogens is 458 g/mol. The summed E-state index contributed by atoms with van der Waals surface area (Å²) in [5.74, 6) is 0.270. The lowest BCUT2D eigenvalue weighted by Crippen LogP contribution is -2.37. The summed E-state index contributed by atoms with van der Waals surface area (Å²) >= 11 is 0. The van der Waals surface area contributed by atoms with Crippen molar-refractivity contribution >= 4 is 32.5 Å². The number of carbonyl (C=O) groups is 1. The fourth-order valence-electron chi connectivity index (χ4n) is 4.40. The smallest absolute Gasteiger partial charge is 0.256 e. The van der Waals surface area contributed by atoms with Crippen LogP contribution in [-0.4, -0.2) is 36.7 Å². The predicted molar refractivity (Wildman–Crippen MR) is 139 cm³/mol. The first-order valence-electron chi connectivity index (χ1n) is 11.8. The van der Waals surface area contributed by atoms with Crippen molar-refractivity contribution in [1.29, 1.82) is 0 Å². The van der Waals surface area contributed by atoms with Crippen LogP contribution in [0.1, 0.15) is 30.1 Å². The minimum atomic E-state index is -3.54. The SMILES string of the molecule is CC1CCN(S(=O)(=O)c2ccc(NC(=O)c3cc(-c4ccccc4)nc4ccccc34)cc2)CC1. The molecule has 2 heterocycles. The van der Waals surface area contributed by atoms with Gasteiger partial charge in [0.2, 0.25) is 10.0 Å². The third-order valence-electron chi connectivity index (χ3n) is 6.52. The lowest BCUT2D eigenvalue weighted by atomic mass is 10.0. The number of pyridine rings is 1. The second-order valence-electron chi connectivity index (χ2n) is 9.00. The summed E-state index contributed by atoms with van der Waals surface area (Å²) in [5.41, 5.74) is 3.41. The number of carbonyl (C=O) groups excluding carboxylic acids is 1. The number of aromatic nitrogens is 1.